The van der Waals surface area contributed by atoms with Crippen molar-refractivity contribution in [3.8, 4) is 0 Å². The Labute approximate surface area is 78.3 Å². The summed E-state index contributed by atoms with van der Waals surface area (Å²) in [6.45, 7) is 0.973. The van der Waals surface area contributed by atoms with E-state index < -0.39 is 0 Å². The molecule has 3 nitrogen and oxygen atoms in total. The number of fused-ring (bicyclic) bond motifs is 1. The van der Waals surface area contributed by atoms with E-state index in [9.17, 15) is 4.79 Å². The zero-order valence-corrected chi connectivity index (χ0v) is 7.89. The van der Waals surface area contributed by atoms with Crippen molar-refractivity contribution in [2.75, 3.05) is 13.7 Å². The van der Waals surface area contributed by atoms with Gasteiger partial charge in [-0.3, -0.25) is 4.79 Å². The summed E-state index contributed by atoms with van der Waals surface area (Å²) in [6, 6.07) is 0.618. The summed E-state index contributed by atoms with van der Waals surface area (Å²) in [5, 5.41) is 3.36. The Morgan fingerprint density at radius 2 is 2.33 bits per heavy atom. The monoisotopic (exact) mass is 191 g/mol. The third-order valence-electron chi connectivity index (χ3n) is 2.72. The molecule has 0 aromatic heterocycles. The topological polar surface area (TPSA) is 38.3 Å². The van der Waals surface area contributed by atoms with Crippen molar-refractivity contribution < 1.29 is 9.53 Å². The minimum Gasteiger partial charge on any atom is -0.469 e. The fourth-order valence-corrected chi connectivity index (χ4v) is 1.98. The molecular formula is C8H14ClNO2. The minimum atomic E-state index is -0.0148. The highest BCUT2D eigenvalue weighted by atomic mass is 35.5. The second kappa shape index (κ2) is 3.62. The maximum atomic E-state index is 11.2. The molecule has 2 aliphatic rings. The van der Waals surface area contributed by atoms with E-state index in [4.69, 9.17) is 4.74 Å². The first kappa shape index (κ1) is 9.81. The van der Waals surface area contributed by atoms with Crippen LogP contribution in [-0.2, 0) is 9.53 Å². The molecule has 4 heteroatoms. The van der Waals surface area contributed by atoms with Gasteiger partial charge in [0.2, 0.25) is 0 Å². The first-order chi connectivity index (χ1) is 5.33. The van der Waals surface area contributed by atoms with Gasteiger partial charge in [0.25, 0.3) is 0 Å². The van der Waals surface area contributed by atoms with Crippen LogP contribution in [0.15, 0.2) is 0 Å². The minimum absolute atomic E-state index is 0. The zero-order valence-electron chi connectivity index (χ0n) is 7.08. The second-order valence-corrected chi connectivity index (χ2v) is 3.38. The second-order valence-electron chi connectivity index (χ2n) is 3.38. The van der Waals surface area contributed by atoms with Crippen LogP contribution in [0, 0.1) is 11.8 Å². The molecular weight excluding hydrogens is 178 g/mol. The Morgan fingerprint density at radius 1 is 1.58 bits per heavy atom. The highest BCUT2D eigenvalue weighted by Crippen LogP contribution is 2.42. The molecule has 0 radical (unpaired) electrons. The number of carbonyl (C=O) groups is 1. The number of rotatable bonds is 1. The number of methoxy groups -OCH3 is 1. The Kier molecular flexibility index (Phi) is 2.96. The molecule has 1 heterocycles. The lowest BCUT2D eigenvalue weighted by molar-refractivity contribution is -0.146. The first-order valence-electron chi connectivity index (χ1n) is 4.14. The van der Waals surface area contributed by atoms with E-state index in [2.05, 4.69) is 5.32 Å². The summed E-state index contributed by atoms with van der Waals surface area (Å²) < 4.78 is 4.72. The summed E-state index contributed by atoms with van der Waals surface area (Å²) in [7, 11) is 1.47. The molecule has 1 aliphatic heterocycles. The molecule has 1 saturated heterocycles. The third-order valence-corrected chi connectivity index (χ3v) is 2.72. The van der Waals surface area contributed by atoms with Gasteiger partial charge in [-0.1, -0.05) is 0 Å². The van der Waals surface area contributed by atoms with E-state index in [1.807, 2.05) is 0 Å². The normalized spacial score (nSPS) is 37.6. The van der Waals surface area contributed by atoms with Crippen LogP contribution in [0.1, 0.15) is 12.8 Å². The zero-order chi connectivity index (χ0) is 7.84. The van der Waals surface area contributed by atoms with Crippen molar-refractivity contribution in [1.82, 2.24) is 5.32 Å². The highest BCUT2D eigenvalue weighted by Gasteiger charge is 2.48. The van der Waals surface area contributed by atoms with Gasteiger partial charge in [-0.2, -0.15) is 0 Å². The van der Waals surface area contributed by atoms with Gasteiger partial charge in [0.15, 0.2) is 0 Å². The molecule has 3 atom stereocenters. The SMILES string of the molecule is COC(=O)C1CCNC2CC21.Cl. The van der Waals surface area contributed by atoms with E-state index in [1.54, 1.807) is 0 Å². The average molecular weight is 192 g/mol. The Hall–Kier alpha value is -0.280. The van der Waals surface area contributed by atoms with E-state index in [0.717, 1.165) is 13.0 Å². The number of nitrogens with one attached hydrogen (secondary N) is 1. The van der Waals surface area contributed by atoms with Gasteiger partial charge >= 0.3 is 5.97 Å². The quantitative estimate of drug-likeness (QED) is 0.617. The number of carbonyl (C=O) groups excluding carboxylic acids is 1. The molecule has 12 heavy (non-hydrogen) atoms. The summed E-state index contributed by atoms with van der Waals surface area (Å²) in [4.78, 5) is 11.2. The third kappa shape index (κ3) is 1.57. The molecule has 0 bridgehead atoms. The van der Waals surface area contributed by atoms with Gasteiger partial charge in [0.1, 0.15) is 0 Å². The predicted octanol–water partition coefficient (Wildman–Crippen LogP) is 0.579. The number of ether oxygens (including phenoxy) is 1. The molecule has 70 valence electrons. The van der Waals surface area contributed by atoms with Gasteiger partial charge in [-0.15, -0.1) is 12.4 Å². The maximum Gasteiger partial charge on any atom is 0.309 e. The van der Waals surface area contributed by atoms with Crippen molar-refractivity contribution in [3.05, 3.63) is 0 Å². The van der Waals surface area contributed by atoms with Crippen LogP contribution in [-0.4, -0.2) is 25.7 Å². The van der Waals surface area contributed by atoms with E-state index >= 15 is 0 Å². The summed E-state index contributed by atoms with van der Waals surface area (Å²) in [5.41, 5.74) is 0. The van der Waals surface area contributed by atoms with Gasteiger partial charge < -0.3 is 10.1 Å². The molecule has 3 unspecified atom stereocenters. The van der Waals surface area contributed by atoms with Crippen LogP contribution in [0.5, 0.6) is 0 Å². The number of esters is 1. The Morgan fingerprint density at radius 3 is 3.00 bits per heavy atom. The van der Waals surface area contributed by atoms with Crippen LogP contribution in [0.4, 0.5) is 0 Å². The largest absolute Gasteiger partial charge is 0.469 e. The first-order valence-corrected chi connectivity index (χ1v) is 4.14. The van der Waals surface area contributed by atoms with Crippen LogP contribution in [0.3, 0.4) is 0 Å². The lowest BCUT2D eigenvalue weighted by atomic mass is 9.97. The van der Waals surface area contributed by atoms with E-state index in [-0.39, 0.29) is 24.3 Å². The molecule has 1 N–H and O–H groups in total. The molecule has 0 amide bonds. The average Bonchev–Trinajstić information content (AvgIpc) is 2.80. The molecule has 1 saturated carbocycles. The van der Waals surface area contributed by atoms with Crippen LogP contribution >= 0.6 is 12.4 Å². The number of halogens is 1. The predicted molar refractivity (Wildman–Crippen MR) is 47.3 cm³/mol. The Bertz CT molecular complexity index is 186. The fourth-order valence-electron chi connectivity index (χ4n) is 1.98. The van der Waals surface area contributed by atoms with Crippen molar-refractivity contribution in [2.45, 2.75) is 18.9 Å². The smallest absolute Gasteiger partial charge is 0.309 e. The molecule has 0 spiro atoms. The van der Waals surface area contributed by atoms with Gasteiger partial charge in [-0.05, 0) is 25.3 Å². The van der Waals surface area contributed by atoms with Crippen LogP contribution in [0.25, 0.3) is 0 Å². The highest BCUT2D eigenvalue weighted by molar-refractivity contribution is 5.85. The van der Waals surface area contributed by atoms with Crippen LogP contribution < -0.4 is 5.32 Å². The van der Waals surface area contributed by atoms with Crippen molar-refractivity contribution in [3.63, 3.8) is 0 Å². The van der Waals surface area contributed by atoms with Gasteiger partial charge in [0.05, 0.1) is 13.0 Å². The molecule has 2 fully saturated rings. The number of hydrogen-bond donors (Lipinski definition) is 1. The summed E-state index contributed by atoms with van der Waals surface area (Å²) in [6.07, 6.45) is 2.12. The number of hydrogen-bond acceptors (Lipinski definition) is 3. The van der Waals surface area contributed by atoms with E-state index in [1.165, 1.54) is 13.5 Å². The number of piperidine rings is 1. The summed E-state index contributed by atoms with van der Waals surface area (Å²) >= 11 is 0. The van der Waals surface area contributed by atoms with Crippen molar-refractivity contribution in [2.24, 2.45) is 11.8 Å². The molecule has 1 aliphatic carbocycles. The van der Waals surface area contributed by atoms with Crippen molar-refractivity contribution in [1.29, 1.82) is 0 Å². The lowest BCUT2D eigenvalue weighted by Gasteiger charge is -2.19. The van der Waals surface area contributed by atoms with Gasteiger partial charge in [-0.25, -0.2) is 0 Å². The lowest BCUT2D eigenvalue weighted by Crippen LogP contribution is -2.33. The van der Waals surface area contributed by atoms with Crippen molar-refractivity contribution >= 4 is 18.4 Å². The Balaban J connectivity index is 0.000000720. The molecule has 0 aromatic rings. The van der Waals surface area contributed by atoms with Gasteiger partial charge in [0, 0.05) is 6.04 Å². The maximum absolute atomic E-state index is 11.2. The molecule has 2 rings (SSSR count). The summed E-state index contributed by atoms with van der Waals surface area (Å²) in [5.74, 6) is 0.751. The standard InChI is InChI=1S/C8H13NO2.ClH/c1-11-8(10)5-2-3-9-7-4-6(5)7;/h5-7,9H,2-4H2,1H3;1H. The van der Waals surface area contributed by atoms with Crippen LogP contribution in [0.2, 0.25) is 0 Å². The fraction of sp³-hybridized carbons (Fsp3) is 0.875. The van der Waals surface area contributed by atoms with E-state index in [0.29, 0.717) is 12.0 Å². The molecule has 0 aromatic carbocycles.